The van der Waals surface area contributed by atoms with Crippen LogP contribution < -0.4 is 5.32 Å². The average Bonchev–Trinajstić information content (AvgIpc) is 3.16. The monoisotopic (exact) mass is 340 g/mol. The Bertz CT molecular complexity index is 668. The molecule has 0 bridgehead atoms. The van der Waals surface area contributed by atoms with Gasteiger partial charge in [0.25, 0.3) is 0 Å². The molecular formula is C17H19F3N2O2. The minimum atomic E-state index is -4.45. The molecule has 2 fully saturated rings. The molecule has 0 radical (unpaired) electrons. The van der Waals surface area contributed by atoms with Gasteiger partial charge in [0.05, 0.1) is 11.6 Å². The zero-order valence-corrected chi connectivity index (χ0v) is 13.3. The van der Waals surface area contributed by atoms with E-state index in [0.717, 1.165) is 18.9 Å². The molecule has 4 nitrogen and oxygen atoms in total. The average molecular weight is 340 g/mol. The van der Waals surface area contributed by atoms with Gasteiger partial charge in [0.1, 0.15) is 0 Å². The second-order valence-corrected chi connectivity index (χ2v) is 6.86. The van der Waals surface area contributed by atoms with Crippen LogP contribution in [0, 0.1) is 5.41 Å². The molecule has 1 saturated carbocycles. The third kappa shape index (κ3) is 3.39. The summed E-state index contributed by atoms with van der Waals surface area (Å²) in [4.78, 5) is 25.5. The number of nitrogens with one attached hydrogen (secondary N) is 1. The molecular weight excluding hydrogens is 321 g/mol. The van der Waals surface area contributed by atoms with Gasteiger partial charge >= 0.3 is 6.18 Å². The summed E-state index contributed by atoms with van der Waals surface area (Å²) in [5, 5.41) is 2.85. The number of carbonyl (C=O) groups excluding carboxylic acids is 2. The molecule has 1 aliphatic carbocycles. The smallest absolute Gasteiger partial charge is 0.351 e. The highest BCUT2D eigenvalue weighted by atomic mass is 19.4. The predicted octanol–water partition coefficient (Wildman–Crippen LogP) is 2.72. The van der Waals surface area contributed by atoms with E-state index in [1.807, 2.05) is 6.92 Å². The Balaban J connectivity index is 1.66. The summed E-state index contributed by atoms with van der Waals surface area (Å²) in [6.07, 6.45) is -2.64. The minimum Gasteiger partial charge on any atom is -0.351 e. The van der Waals surface area contributed by atoms with Crippen LogP contribution in [0.5, 0.6) is 0 Å². The van der Waals surface area contributed by atoms with Crippen molar-refractivity contribution in [3.63, 3.8) is 0 Å². The van der Waals surface area contributed by atoms with E-state index in [4.69, 9.17) is 0 Å². The Kier molecular flexibility index (Phi) is 4.05. The van der Waals surface area contributed by atoms with E-state index in [-0.39, 0.29) is 48.3 Å². The maximum atomic E-state index is 13.0. The van der Waals surface area contributed by atoms with Crippen LogP contribution in [0.2, 0.25) is 0 Å². The van der Waals surface area contributed by atoms with Crippen molar-refractivity contribution in [3.05, 3.63) is 35.4 Å². The first-order chi connectivity index (χ1) is 11.2. The van der Waals surface area contributed by atoms with Crippen LogP contribution in [-0.4, -0.2) is 29.3 Å². The van der Waals surface area contributed by atoms with Crippen molar-refractivity contribution in [2.75, 3.05) is 6.54 Å². The first-order valence-corrected chi connectivity index (χ1v) is 7.93. The summed E-state index contributed by atoms with van der Waals surface area (Å²) < 4.78 is 39.1. The number of halogens is 3. The van der Waals surface area contributed by atoms with Crippen LogP contribution >= 0.6 is 0 Å². The van der Waals surface area contributed by atoms with Crippen LogP contribution in [0.25, 0.3) is 0 Å². The van der Waals surface area contributed by atoms with E-state index in [2.05, 4.69) is 5.32 Å². The van der Waals surface area contributed by atoms with E-state index in [1.54, 1.807) is 0 Å². The quantitative estimate of drug-likeness (QED) is 0.916. The van der Waals surface area contributed by atoms with Gasteiger partial charge in [-0.25, -0.2) is 0 Å². The molecule has 0 unspecified atom stereocenters. The van der Waals surface area contributed by atoms with Crippen molar-refractivity contribution in [1.29, 1.82) is 0 Å². The summed E-state index contributed by atoms with van der Waals surface area (Å²) in [7, 11) is 0. The normalized spacial score (nSPS) is 22.6. The second-order valence-electron chi connectivity index (χ2n) is 6.86. The number of alkyl halides is 3. The van der Waals surface area contributed by atoms with Crippen LogP contribution in [0.3, 0.4) is 0 Å². The number of amides is 2. The molecule has 3 rings (SSSR count). The lowest BCUT2D eigenvalue weighted by atomic mass is 10.1. The molecule has 7 heteroatoms. The van der Waals surface area contributed by atoms with Gasteiger partial charge in [-0.05, 0) is 24.5 Å². The van der Waals surface area contributed by atoms with Crippen molar-refractivity contribution < 1.29 is 22.8 Å². The van der Waals surface area contributed by atoms with E-state index in [1.165, 1.54) is 23.1 Å². The maximum absolute atomic E-state index is 13.0. The first kappa shape index (κ1) is 16.8. The van der Waals surface area contributed by atoms with E-state index < -0.39 is 11.7 Å². The van der Waals surface area contributed by atoms with Gasteiger partial charge < -0.3 is 10.2 Å². The van der Waals surface area contributed by atoms with Gasteiger partial charge in [-0.3, -0.25) is 9.59 Å². The molecule has 1 N–H and O–H groups in total. The Morgan fingerprint density at radius 1 is 1.33 bits per heavy atom. The Labute approximate surface area is 138 Å². The summed E-state index contributed by atoms with van der Waals surface area (Å²) >= 11 is 0. The topological polar surface area (TPSA) is 49.4 Å². The molecule has 0 spiro atoms. The summed E-state index contributed by atoms with van der Waals surface area (Å²) in [6.45, 7) is 2.02. The summed E-state index contributed by atoms with van der Waals surface area (Å²) in [5.74, 6) is -0.309. The van der Waals surface area contributed by atoms with Gasteiger partial charge in [0.15, 0.2) is 0 Å². The van der Waals surface area contributed by atoms with Crippen LogP contribution in [0.1, 0.15) is 37.3 Å². The van der Waals surface area contributed by atoms with E-state index >= 15 is 0 Å². The number of rotatable bonds is 4. The highest BCUT2D eigenvalue weighted by Gasteiger charge is 2.46. The van der Waals surface area contributed by atoms with Crippen molar-refractivity contribution in [2.45, 2.75) is 44.9 Å². The Morgan fingerprint density at radius 2 is 2.00 bits per heavy atom. The van der Waals surface area contributed by atoms with Crippen molar-refractivity contribution in [2.24, 2.45) is 5.41 Å². The van der Waals surface area contributed by atoms with Crippen LogP contribution in [-0.2, 0) is 22.3 Å². The molecule has 1 aliphatic heterocycles. The molecule has 2 aliphatic rings. The van der Waals surface area contributed by atoms with Gasteiger partial charge in [0, 0.05) is 24.9 Å². The molecule has 1 aromatic carbocycles. The molecule has 2 amide bonds. The number of benzene rings is 1. The molecule has 1 atom stereocenters. The van der Waals surface area contributed by atoms with Crippen LogP contribution in [0.4, 0.5) is 13.2 Å². The second kappa shape index (κ2) is 5.79. The molecule has 0 aromatic heterocycles. The Morgan fingerprint density at radius 3 is 2.62 bits per heavy atom. The first-order valence-electron chi connectivity index (χ1n) is 7.93. The SMILES string of the molecule is CC1(C(=O)N[C@H]2CC(=O)N(Cc3ccccc3C(F)(F)F)C2)CC1. The molecule has 24 heavy (non-hydrogen) atoms. The van der Waals surface area contributed by atoms with E-state index in [0.29, 0.717) is 0 Å². The van der Waals surface area contributed by atoms with Crippen LogP contribution in [0.15, 0.2) is 24.3 Å². The minimum absolute atomic E-state index is 0.0690. The zero-order valence-electron chi connectivity index (χ0n) is 13.3. The highest BCUT2D eigenvalue weighted by molar-refractivity contribution is 5.87. The van der Waals surface area contributed by atoms with Gasteiger partial charge in [-0.15, -0.1) is 0 Å². The predicted molar refractivity (Wildman–Crippen MR) is 80.7 cm³/mol. The number of carbonyl (C=O) groups is 2. The molecule has 1 saturated heterocycles. The fraction of sp³-hybridized carbons (Fsp3) is 0.529. The third-order valence-corrected chi connectivity index (χ3v) is 4.78. The van der Waals surface area contributed by atoms with Gasteiger partial charge in [-0.2, -0.15) is 13.2 Å². The molecule has 130 valence electrons. The lowest BCUT2D eigenvalue weighted by Crippen LogP contribution is -2.40. The maximum Gasteiger partial charge on any atom is 0.416 e. The summed E-state index contributed by atoms with van der Waals surface area (Å²) in [6, 6.07) is 4.92. The molecule has 1 aromatic rings. The number of nitrogens with zero attached hydrogens (tertiary/aromatic N) is 1. The largest absolute Gasteiger partial charge is 0.416 e. The fourth-order valence-corrected chi connectivity index (χ4v) is 2.94. The highest BCUT2D eigenvalue weighted by Crippen LogP contribution is 2.45. The van der Waals surface area contributed by atoms with Crippen molar-refractivity contribution in [1.82, 2.24) is 10.2 Å². The Hall–Kier alpha value is -2.05. The summed E-state index contributed by atoms with van der Waals surface area (Å²) in [5.41, 5.74) is -0.991. The van der Waals surface area contributed by atoms with Gasteiger partial charge in [-0.1, -0.05) is 25.1 Å². The number of likely N-dealkylation sites (tertiary alicyclic amines) is 1. The standard InChI is InChI=1S/C17H19F3N2O2/c1-16(6-7-16)15(24)21-12-8-14(23)22(10-12)9-11-4-2-3-5-13(11)17(18,19)20/h2-5,12H,6-10H2,1H3,(H,21,24)/t12-/m0/s1. The lowest BCUT2D eigenvalue weighted by molar-refractivity contribution is -0.139. The lowest BCUT2D eigenvalue weighted by Gasteiger charge is -2.20. The zero-order chi connectivity index (χ0) is 17.5. The fourth-order valence-electron chi connectivity index (χ4n) is 2.94. The third-order valence-electron chi connectivity index (χ3n) is 4.78. The van der Waals surface area contributed by atoms with Crippen molar-refractivity contribution >= 4 is 11.8 Å². The van der Waals surface area contributed by atoms with Gasteiger partial charge in [0.2, 0.25) is 11.8 Å². The molecule has 1 heterocycles. The number of hydrogen-bond donors (Lipinski definition) is 1. The van der Waals surface area contributed by atoms with E-state index in [9.17, 15) is 22.8 Å². The van der Waals surface area contributed by atoms with Crippen molar-refractivity contribution in [3.8, 4) is 0 Å². The number of hydrogen-bond acceptors (Lipinski definition) is 2.